The molecule has 0 aliphatic carbocycles. The highest BCUT2D eigenvalue weighted by molar-refractivity contribution is 5.81. The number of nitrogens with zero attached hydrogens (tertiary/aromatic N) is 1. The summed E-state index contributed by atoms with van der Waals surface area (Å²) in [5, 5.41) is 9.31. The van der Waals surface area contributed by atoms with Crippen LogP contribution < -0.4 is 5.63 Å². The van der Waals surface area contributed by atoms with Gasteiger partial charge in [-0.2, -0.15) is 5.26 Å². The standard InChI is InChI=1S/C11H6FNO2/c1-6-8-3-2-7(12)4-10(8)15-11(14)9(6)5-13/h2-4H,1H3. The summed E-state index contributed by atoms with van der Waals surface area (Å²) in [6.45, 7) is 1.63. The Labute approximate surface area is 84.4 Å². The van der Waals surface area contributed by atoms with Crippen LogP contribution in [0.5, 0.6) is 0 Å². The monoisotopic (exact) mass is 203 g/mol. The van der Waals surface area contributed by atoms with E-state index in [1.54, 1.807) is 13.0 Å². The molecule has 0 unspecified atom stereocenters. The summed E-state index contributed by atoms with van der Waals surface area (Å²) in [6, 6.07) is 5.65. The first kappa shape index (κ1) is 9.41. The molecule has 0 saturated heterocycles. The van der Waals surface area contributed by atoms with Crippen LogP contribution in [0.3, 0.4) is 0 Å². The molecule has 0 bridgehead atoms. The lowest BCUT2D eigenvalue weighted by molar-refractivity contribution is 0.551. The third-order valence-electron chi connectivity index (χ3n) is 2.24. The number of nitriles is 1. The van der Waals surface area contributed by atoms with E-state index >= 15 is 0 Å². The summed E-state index contributed by atoms with van der Waals surface area (Å²) in [4.78, 5) is 11.3. The lowest BCUT2D eigenvalue weighted by Crippen LogP contribution is -2.06. The van der Waals surface area contributed by atoms with E-state index in [0.29, 0.717) is 10.9 Å². The second-order valence-corrected chi connectivity index (χ2v) is 3.14. The van der Waals surface area contributed by atoms with E-state index in [0.717, 1.165) is 6.07 Å². The first-order valence-corrected chi connectivity index (χ1v) is 4.26. The second kappa shape index (κ2) is 3.21. The highest BCUT2D eigenvalue weighted by Crippen LogP contribution is 2.19. The second-order valence-electron chi connectivity index (χ2n) is 3.14. The Balaban J connectivity index is 2.99. The lowest BCUT2D eigenvalue weighted by Gasteiger charge is -2.01. The fourth-order valence-corrected chi connectivity index (χ4v) is 1.46. The highest BCUT2D eigenvalue weighted by Gasteiger charge is 2.10. The minimum atomic E-state index is -0.729. The van der Waals surface area contributed by atoms with Gasteiger partial charge in [0.15, 0.2) is 0 Å². The largest absolute Gasteiger partial charge is 0.422 e. The molecule has 1 aromatic heterocycles. The molecule has 0 fully saturated rings. The van der Waals surface area contributed by atoms with Gasteiger partial charge in [0.05, 0.1) is 0 Å². The van der Waals surface area contributed by atoms with Gasteiger partial charge in [0, 0.05) is 11.5 Å². The molecule has 0 amide bonds. The molecule has 0 aliphatic heterocycles. The Bertz CT molecular complexity index is 637. The third kappa shape index (κ3) is 1.38. The predicted octanol–water partition coefficient (Wildman–Crippen LogP) is 2.11. The summed E-state index contributed by atoms with van der Waals surface area (Å²) in [6.07, 6.45) is 0. The van der Waals surface area contributed by atoms with E-state index in [1.807, 2.05) is 0 Å². The Kier molecular flexibility index (Phi) is 2.01. The first-order valence-electron chi connectivity index (χ1n) is 4.26. The smallest absolute Gasteiger partial charge is 0.354 e. The van der Waals surface area contributed by atoms with Crippen molar-refractivity contribution in [2.24, 2.45) is 0 Å². The van der Waals surface area contributed by atoms with Crippen molar-refractivity contribution in [3.05, 3.63) is 45.6 Å². The van der Waals surface area contributed by atoms with Gasteiger partial charge in [-0.05, 0) is 24.6 Å². The van der Waals surface area contributed by atoms with Gasteiger partial charge in [0.1, 0.15) is 23.0 Å². The van der Waals surface area contributed by atoms with E-state index in [-0.39, 0.29) is 11.1 Å². The molecular formula is C11H6FNO2. The minimum absolute atomic E-state index is 0.0332. The molecule has 74 valence electrons. The van der Waals surface area contributed by atoms with Gasteiger partial charge in [0.2, 0.25) is 0 Å². The number of fused-ring (bicyclic) bond motifs is 1. The highest BCUT2D eigenvalue weighted by atomic mass is 19.1. The molecule has 2 rings (SSSR count). The maximum Gasteiger partial charge on any atom is 0.354 e. The number of benzene rings is 1. The molecule has 1 heterocycles. The van der Waals surface area contributed by atoms with Crippen LogP contribution in [-0.4, -0.2) is 0 Å². The summed E-state index contributed by atoms with van der Waals surface area (Å²) < 4.78 is 17.7. The van der Waals surface area contributed by atoms with Crippen LogP contribution in [0.1, 0.15) is 11.1 Å². The average molecular weight is 203 g/mol. The topological polar surface area (TPSA) is 54.0 Å². The predicted molar refractivity (Wildman–Crippen MR) is 51.9 cm³/mol. The van der Waals surface area contributed by atoms with Crippen LogP contribution in [0.15, 0.2) is 27.4 Å². The average Bonchev–Trinajstić information content (AvgIpc) is 2.17. The molecule has 0 spiro atoms. The van der Waals surface area contributed by atoms with Crippen molar-refractivity contribution in [1.29, 1.82) is 5.26 Å². The SMILES string of the molecule is Cc1c(C#N)c(=O)oc2cc(F)ccc12. The van der Waals surface area contributed by atoms with Gasteiger partial charge in [0.25, 0.3) is 0 Å². The Hall–Kier alpha value is -2.15. The Morgan fingerprint density at radius 3 is 2.87 bits per heavy atom. The van der Waals surface area contributed by atoms with Crippen molar-refractivity contribution in [3.63, 3.8) is 0 Å². The normalized spacial score (nSPS) is 10.2. The Morgan fingerprint density at radius 1 is 1.47 bits per heavy atom. The summed E-state index contributed by atoms with van der Waals surface area (Å²) >= 11 is 0. The zero-order valence-corrected chi connectivity index (χ0v) is 7.87. The van der Waals surface area contributed by atoms with Gasteiger partial charge >= 0.3 is 5.63 Å². The van der Waals surface area contributed by atoms with Crippen LogP contribution in [0, 0.1) is 24.1 Å². The van der Waals surface area contributed by atoms with Gasteiger partial charge in [-0.15, -0.1) is 0 Å². The van der Waals surface area contributed by atoms with Crippen LogP contribution in [0.2, 0.25) is 0 Å². The maximum absolute atomic E-state index is 12.9. The molecule has 0 N–H and O–H groups in total. The zero-order chi connectivity index (χ0) is 11.0. The van der Waals surface area contributed by atoms with E-state index in [2.05, 4.69) is 0 Å². The summed E-state index contributed by atoms with van der Waals surface area (Å²) in [5.41, 5.74) is -0.0811. The van der Waals surface area contributed by atoms with Crippen LogP contribution in [0.4, 0.5) is 4.39 Å². The molecule has 0 aliphatic rings. The van der Waals surface area contributed by atoms with Gasteiger partial charge < -0.3 is 4.42 Å². The van der Waals surface area contributed by atoms with E-state index in [1.165, 1.54) is 12.1 Å². The van der Waals surface area contributed by atoms with Crippen molar-refractivity contribution in [1.82, 2.24) is 0 Å². The number of halogens is 1. The summed E-state index contributed by atoms with van der Waals surface area (Å²) in [7, 11) is 0. The Morgan fingerprint density at radius 2 is 2.20 bits per heavy atom. The van der Waals surface area contributed by atoms with Crippen molar-refractivity contribution in [3.8, 4) is 6.07 Å². The maximum atomic E-state index is 12.9. The van der Waals surface area contributed by atoms with Crippen molar-refractivity contribution < 1.29 is 8.81 Å². The van der Waals surface area contributed by atoms with E-state index in [9.17, 15) is 9.18 Å². The van der Waals surface area contributed by atoms with Gasteiger partial charge in [-0.1, -0.05) is 0 Å². The van der Waals surface area contributed by atoms with Crippen LogP contribution >= 0.6 is 0 Å². The van der Waals surface area contributed by atoms with Crippen LogP contribution in [0.25, 0.3) is 11.0 Å². The van der Waals surface area contributed by atoms with Gasteiger partial charge in [-0.3, -0.25) is 0 Å². The quantitative estimate of drug-likeness (QED) is 0.616. The van der Waals surface area contributed by atoms with Crippen molar-refractivity contribution in [2.45, 2.75) is 6.92 Å². The molecule has 0 radical (unpaired) electrons. The van der Waals surface area contributed by atoms with Gasteiger partial charge in [-0.25, -0.2) is 9.18 Å². The molecule has 1 aromatic carbocycles. The zero-order valence-electron chi connectivity index (χ0n) is 7.87. The molecule has 15 heavy (non-hydrogen) atoms. The van der Waals surface area contributed by atoms with Crippen LogP contribution in [-0.2, 0) is 0 Å². The number of rotatable bonds is 0. The number of hydrogen-bond acceptors (Lipinski definition) is 3. The number of hydrogen-bond donors (Lipinski definition) is 0. The fourth-order valence-electron chi connectivity index (χ4n) is 1.46. The van der Waals surface area contributed by atoms with Crippen molar-refractivity contribution in [2.75, 3.05) is 0 Å². The molecule has 4 heteroatoms. The van der Waals surface area contributed by atoms with E-state index in [4.69, 9.17) is 9.68 Å². The third-order valence-corrected chi connectivity index (χ3v) is 2.24. The first-order chi connectivity index (χ1) is 7.13. The fraction of sp³-hybridized carbons (Fsp3) is 0.0909. The molecular weight excluding hydrogens is 197 g/mol. The minimum Gasteiger partial charge on any atom is -0.422 e. The molecule has 3 nitrogen and oxygen atoms in total. The molecule has 2 aromatic rings. The number of aryl methyl sites for hydroxylation is 1. The van der Waals surface area contributed by atoms with Crippen molar-refractivity contribution >= 4 is 11.0 Å². The summed E-state index contributed by atoms with van der Waals surface area (Å²) in [5.74, 6) is -0.477. The molecule has 0 atom stereocenters. The van der Waals surface area contributed by atoms with E-state index < -0.39 is 11.4 Å². The molecule has 0 saturated carbocycles. The lowest BCUT2D eigenvalue weighted by atomic mass is 10.1.